The van der Waals surface area contributed by atoms with E-state index in [-0.39, 0.29) is 34.4 Å². The summed E-state index contributed by atoms with van der Waals surface area (Å²) in [5, 5.41) is 0.0830. The van der Waals surface area contributed by atoms with Crippen molar-refractivity contribution in [2.75, 3.05) is 6.61 Å². The molecule has 0 aromatic heterocycles. The summed E-state index contributed by atoms with van der Waals surface area (Å²) in [5.74, 6) is -0.316. The van der Waals surface area contributed by atoms with Crippen molar-refractivity contribution >= 4 is 22.6 Å². The van der Waals surface area contributed by atoms with Crippen LogP contribution in [0.3, 0.4) is 0 Å². The highest BCUT2D eigenvalue weighted by atomic mass is 28.4. The molecule has 4 atom stereocenters. The molecule has 0 aromatic rings. The van der Waals surface area contributed by atoms with Crippen molar-refractivity contribution in [2.45, 2.75) is 109 Å². The Hall–Kier alpha value is -0.476. The Labute approximate surface area is 173 Å². The number of epoxide rings is 1. The Morgan fingerprint density at radius 1 is 1.00 bits per heavy atom. The summed E-state index contributed by atoms with van der Waals surface area (Å²) in [6, 6.07) is 0. The lowest BCUT2D eigenvalue weighted by molar-refractivity contribution is -0.140. The first kappa shape index (κ1) is 23.8. The highest BCUT2D eigenvalue weighted by molar-refractivity contribution is 6.74. The summed E-state index contributed by atoms with van der Waals surface area (Å²) in [7, 11) is -4.22. The Morgan fingerprint density at radius 3 is 1.96 bits per heavy atom. The maximum atomic E-state index is 12.8. The van der Waals surface area contributed by atoms with Crippen molar-refractivity contribution in [3.63, 3.8) is 0 Å². The van der Waals surface area contributed by atoms with Crippen LogP contribution in [0.2, 0.25) is 36.3 Å². The van der Waals surface area contributed by atoms with Gasteiger partial charge in [-0.2, -0.15) is 0 Å². The molecule has 2 rings (SSSR count). The predicted molar refractivity (Wildman–Crippen MR) is 118 cm³/mol. The maximum Gasteiger partial charge on any atom is 0.336 e. The molecule has 7 heteroatoms. The minimum Gasteiger partial charge on any atom is -0.463 e. The minimum absolute atomic E-state index is 0.0234. The number of carbonyl (C=O) groups is 1. The fourth-order valence-electron chi connectivity index (χ4n) is 2.82. The summed E-state index contributed by atoms with van der Waals surface area (Å²) in [5.41, 5.74) is 0.564. The van der Waals surface area contributed by atoms with E-state index in [1.807, 2.05) is 13.0 Å². The summed E-state index contributed by atoms with van der Waals surface area (Å²) in [4.78, 5) is 12.8. The molecular weight excluding hydrogens is 388 g/mol. The van der Waals surface area contributed by atoms with Crippen molar-refractivity contribution in [2.24, 2.45) is 0 Å². The number of rotatable bonds is 6. The largest absolute Gasteiger partial charge is 0.463 e. The summed E-state index contributed by atoms with van der Waals surface area (Å²) >= 11 is 0. The van der Waals surface area contributed by atoms with Crippen LogP contribution in [-0.4, -0.2) is 53.6 Å². The van der Waals surface area contributed by atoms with Gasteiger partial charge in [0.15, 0.2) is 16.6 Å². The molecule has 0 saturated carbocycles. The molecule has 0 spiro atoms. The van der Waals surface area contributed by atoms with Crippen LogP contribution in [0.15, 0.2) is 11.6 Å². The molecule has 1 fully saturated rings. The molecule has 162 valence electrons. The van der Waals surface area contributed by atoms with Crippen molar-refractivity contribution in [1.82, 2.24) is 0 Å². The lowest BCUT2D eigenvalue weighted by atomic mass is 9.94. The normalized spacial score (nSPS) is 28.5. The molecule has 0 unspecified atom stereocenters. The molecule has 1 saturated heterocycles. The third kappa shape index (κ3) is 4.80. The average Bonchev–Trinajstić information content (AvgIpc) is 3.26. The maximum absolute atomic E-state index is 12.8. The van der Waals surface area contributed by atoms with Crippen LogP contribution in [0.1, 0.15) is 48.5 Å². The zero-order valence-electron chi connectivity index (χ0n) is 19.6. The first-order chi connectivity index (χ1) is 12.5. The quantitative estimate of drug-likeness (QED) is 0.337. The topological polar surface area (TPSA) is 57.3 Å². The second-order valence-corrected chi connectivity index (χ2v) is 20.6. The van der Waals surface area contributed by atoms with Gasteiger partial charge in [0.25, 0.3) is 0 Å². The van der Waals surface area contributed by atoms with E-state index in [9.17, 15) is 4.79 Å². The van der Waals surface area contributed by atoms with Gasteiger partial charge in [-0.1, -0.05) is 41.5 Å². The SMILES string of the molecule is CCOC(=O)C1=C[C@@H]2O[C@@H]2[C@@H](O[Si](C)(C)C(C)(C)C)[C@@H]1O[Si](C)(C)C(C)(C)C. The van der Waals surface area contributed by atoms with E-state index < -0.39 is 22.7 Å². The van der Waals surface area contributed by atoms with Crippen LogP contribution in [0.25, 0.3) is 0 Å². The number of carbonyl (C=O) groups excluding carboxylic acids is 1. The third-order valence-electron chi connectivity index (χ3n) is 6.81. The summed E-state index contributed by atoms with van der Waals surface area (Å²) < 4.78 is 24.8. The molecular formula is C21H40O5Si2. The molecule has 0 N–H and O–H groups in total. The predicted octanol–water partition coefficient (Wildman–Crippen LogP) is 5.04. The van der Waals surface area contributed by atoms with E-state index in [1.165, 1.54) is 0 Å². The first-order valence-electron chi connectivity index (χ1n) is 10.4. The van der Waals surface area contributed by atoms with Crippen LogP contribution in [0.4, 0.5) is 0 Å². The van der Waals surface area contributed by atoms with Gasteiger partial charge in [0.05, 0.1) is 12.2 Å². The van der Waals surface area contributed by atoms with Crippen LogP contribution >= 0.6 is 0 Å². The van der Waals surface area contributed by atoms with E-state index in [4.69, 9.17) is 18.3 Å². The number of hydrogen-bond donors (Lipinski definition) is 0. The molecule has 2 aliphatic rings. The Morgan fingerprint density at radius 2 is 1.50 bits per heavy atom. The molecule has 28 heavy (non-hydrogen) atoms. The van der Waals surface area contributed by atoms with Gasteiger partial charge >= 0.3 is 5.97 Å². The van der Waals surface area contributed by atoms with Gasteiger partial charge < -0.3 is 18.3 Å². The van der Waals surface area contributed by atoms with Crippen LogP contribution in [0.5, 0.6) is 0 Å². The second kappa shape index (κ2) is 7.65. The van der Waals surface area contributed by atoms with Gasteiger partial charge in [-0.05, 0) is 49.3 Å². The molecule has 1 heterocycles. The van der Waals surface area contributed by atoms with E-state index in [2.05, 4.69) is 67.7 Å². The number of fused-ring (bicyclic) bond motifs is 1. The fraction of sp³-hybridized carbons (Fsp3) is 0.857. The zero-order chi connectivity index (χ0) is 21.7. The van der Waals surface area contributed by atoms with E-state index >= 15 is 0 Å². The fourth-order valence-corrected chi connectivity index (χ4v) is 5.37. The van der Waals surface area contributed by atoms with Crippen molar-refractivity contribution in [3.05, 3.63) is 11.6 Å². The smallest absolute Gasteiger partial charge is 0.336 e. The molecule has 0 bridgehead atoms. The molecule has 0 amide bonds. The van der Waals surface area contributed by atoms with Gasteiger partial charge in [0, 0.05) is 0 Å². The van der Waals surface area contributed by atoms with E-state index in [0.29, 0.717) is 12.2 Å². The standard InChI is InChI=1S/C21H40O5Si2/c1-12-23-19(22)14-13-15-17(24-15)18(26-28(10,11)21(5,6)7)16(14)25-27(8,9)20(2,3)4/h13,15-18H,12H2,1-11H3/t15-,16+,17-,18-/m0/s1. The second-order valence-electron chi connectivity index (χ2n) is 11.0. The van der Waals surface area contributed by atoms with Gasteiger partial charge in [-0.15, -0.1) is 0 Å². The average molecular weight is 429 g/mol. The number of hydrogen-bond acceptors (Lipinski definition) is 5. The van der Waals surface area contributed by atoms with E-state index in [1.54, 1.807) is 0 Å². The zero-order valence-corrected chi connectivity index (χ0v) is 21.6. The molecule has 1 aliphatic carbocycles. The van der Waals surface area contributed by atoms with E-state index in [0.717, 1.165) is 0 Å². The summed E-state index contributed by atoms with van der Waals surface area (Å²) in [6.07, 6.45) is 1.06. The molecule has 5 nitrogen and oxygen atoms in total. The minimum atomic E-state index is -2.15. The Balaban J connectivity index is 2.42. The van der Waals surface area contributed by atoms with Crippen molar-refractivity contribution < 1.29 is 23.1 Å². The highest BCUT2D eigenvalue weighted by Gasteiger charge is 2.58. The van der Waals surface area contributed by atoms with Gasteiger partial charge in [-0.25, -0.2) is 4.79 Å². The third-order valence-corrected chi connectivity index (χ3v) is 15.7. The lowest BCUT2D eigenvalue weighted by Gasteiger charge is -2.45. The van der Waals surface area contributed by atoms with Crippen LogP contribution in [0, 0.1) is 0 Å². The van der Waals surface area contributed by atoms with Crippen molar-refractivity contribution in [1.29, 1.82) is 0 Å². The molecule has 0 radical (unpaired) electrons. The van der Waals surface area contributed by atoms with Crippen LogP contribution in [-0.2, 0) is 23.1 Å². The van der Waals surface area contributed by atoms with Crippen molar-refractivity contribution in [3.8, 4) is 0 Å². The van der Waals surface area contributed by atoms with Gasteiger partial charge in [0.2, 0.25) is 0 Å². The monoisotopic (exact) mass is 428 g/mol. The Bertz CT molecular complexity index is 628. The van der Waals surface area contributed by atoms with Crippen LogP contribution < -0.4 is 0 Å². The lowest BCUT2D eigenvalue weighted by Crippen LogP contribution is -2.56. The van der Waals surface area contributed by atoms with Gasteiger partial charge in [-0.3, -0.25) is 0 Å². The highest BCUT2D eigenvalue weighted by Crippen LogP contribution is 2.47. The number of ether oxygens (including phenoxy) is 2. The van der Waals surface area contributed by atoms with Gasteiger partial charge in [0.1, 0.15) is 24.4 Å². The molecule has 1 aliphatic heterocycles. The molecule has 0 aromatic carbocycles. The summed E-state index contributed by atoms with van der Waals surface area (Å²) in [6.45, 7) is 24.3. The number of esters is 1. The first-order valence-corrected chi connectivity index (χ1v) is 16.2. The Kier molecular flexibility index (Phi) is 6.50.